The van der Waals surface area contributed by atoms with Gasteiger partial charge in [0.15, 0.2) is 5.76 Å². The maximum absolute atomic E-state index is 12.9. The normalized spacial score (nSPS) is 24.4. The van der Waals surface area contributed by atoms with Crippen LogP contribution in [0.25, 0.3) is 5.57 Å². The summed E-state index contributed by atoms with van der Waals surface area (Å²) in [4.78, 5) is 24.3. The monoisotopic (exact) mass is 425 g/mol. The SMILES string of the molecule is C=CCOC1CCC2(CC1)NC(=O)C(c1c(C)cc(Cl)cc1Cl)=C2OC(=O)O. The van der Waals surface area contributed by atoms with Gasteiger partial charge in [0.25, 0.3) is 5.91 Å². The lowest BCUT2D eigenvalue weighted by atomic mass is 9.79. The number of carbonyl (C=O) groups excluding carboxylic acids is 1. The molecule has 1 saturated carbocycles. The zero-order valence-corrected chi connectivity index (χ0v) is 16.9. The molecule has 2 aliphatic rings. The molecule has 28 heavy (non-hydrogen) atoms. The second kappa shape index (κ2) is 8.15. The summed E-state index contributed by atoms with van der Waals surface area (Å²) in [5, 5.41) is 13.0. The van der Waals surface area contributed by atoms with Crippen LogP contribution in [0.1, 0.15) is 36.8 Å². The molecule has 1 amide bonds. The third-order valence-corrected chi connectivity index (χ3v) is 5.69. The lowest BCUT2D eigenvalue weighted by Crippen LogP contribution is -2.49. The van der Waals surface area contributed by atoms with Gasteiger partial charge >= 0.3 is 6.16 Å². The molecule has 1 aliphatic carbocycles. The van der Waals surface area contributed by atoms with Gasteiger partial charge in [-0.3, -0.25) is 4.79 Å². The molecule has 6 nitrogen and oxygen atoms in total. The van der Waals surface area contributed by atoms with E-state index in [0.717, 1.165) is 0 Å². The van der Waals surface area contributed by atoms with Gasteiger partial charge in [0.05, 0.1) is 28.8 Å². The summed E-state index contributed by atoms with van der Waals surface area (Å²) >= 11 is 12.4. The van der Waals surface area contributed by atoms with Crippen molar-refractivity contribution in [1.82, 2.24) is 5.32 Å². The smallest absolute Gasteiger partial charge is 0.449 e. The van der Waals surface area contributed by atoms with Crippen molar-refractivity contribution in [3.63, 3.8) is 0 Å². The van der Waals surface area contributed by atoms with Gasteiger partial charge in [0, 0.05) is 10.6 Å². The van der Waals surface area contributed by atoms with Crippen molar-refractivity contribution >= 4 is 40.8 Å². The van der Waals surface area contributed by atoms with Gasteiger partial charge in [-0.05, 0) is 50.3 Å². The number of amides is 1. The molecule has 2 N–H and O–H groups in total. The highest BCUT2D eigenvalue weighted by atomic mass is 35.5. The van der Waals surface area contributed by atoms with Crippen LogP contribution >= 0.6 is 23.2 Å². The number of rotatable bonds is 5. The van der Waals surface area contributed by atoms with E-state index in [1.54, 1.807) is 19.1 Å². The van der Waals surface area contributed by atoms with Crippen LogP contribution in [0.2, 0.25) is 10.0 Å². The first kappa shape index (κ1) is 20.7. The Kier molecular flexibility index (Phi) is 6.03. The summed E-state index contributed by atoms with van der Waals surface area (Å²) < 4.78 is 10.9. The molecular weight excluding hydrogens is 405 g/mol. The molecule has 0 aromatic heterocycles. The average Bonchev–Trinajstić information content (AvgIpc) is 2.85. The Morgan fingerprint density at radius 3 is 2.64 bits per heavy atom. The number of nitrogens with one attached hydrogen (secondary N) is 1. The molecule has 150 valence electrons. The van der Waals surface area contributed by atoms with Crippen molar-refractivity contribution in [2.24, 2.45) is 0 Å². The largest absolute Gasteiger partial charge is 0.511 e. The highest BCUT2D eigenvalue weighted by molar-refractivity contribution is 6.38. The van der Waals surface area contributed by atoms with Crippen LogP contribution in [0, 0.1) is 6.92 Å². The molecule has 0 unspecified atom stereocenters. The number of hydrogen-bond acceptors (Lipinski definition) is 4. The van der Waals surface area contributed by atoms with Crippen LogP contribution in [-0.2, 0) is 14.3 Å². The second-order valence-corrected chi connectivity index (χ2v) is 7.85. The van der Waals surface area contributed by atoms with Gasteiger partial charge in [-0.1, -0.05) is 29.3 Å². The highest BCUT2D eigenvalue weighted by Crippen LogP contribution is 2.45. The molecule has 1 heterocycles. The van der Waals surface area contributed by atoms with Crippen molar-refractivity contribution in [2.75, 3.05) is 6.61 Å². The van der Waals surface area contributed by atoms with Gasteiger partial charge in [0.1, 0.15) is 0 Å². The molecule has 0 radical (unpaired) electrons. The summed E-state index contributed by atoms with van der Waals surface area (Å²) in [7, 11) is 0. The van der Waals surface area contributed by atoms with Crippen LogP contribution in [0.4, 0.5) is 4.79 Å². The van der Waals surface area contributed by atoms with Gasteiger partial charge in [-0.2, -0.15) is 0 Å². The average molecular weight is 426 g/mol. The predicted octanol–water partition coefficient (Wildman–Crippen LogP) is 4.72. The number of benzene rings is 1. The van der Waals surface area contributed by atoms with Crippen LogP contribution in [-0.4, -0.2) is 35.4 Å². The standard InChI is InChI=1S/C20H21Cl2NO5/c1-3-8-27-13-4-6-20(7-5-13)17(28-19(25)26)16(18(24)23-20)15-11(2)9-12(21)10-14(15)22/h3,9-10,13H,1,4-8H2,2H3,(H,23,24)(H,25,26). The fourth-order valence-electron chi connectivity index (χ4n) is 3.97. The van der Waals surface area contributed by atoms with Crippen molar-refractivity contribution < 1.29 is 24.2 Å². The van der Waals surface area contributed by atoms with E-state index in [2.05, 4.69) is 11.9 Å². The molecule has 0 bridgehead atoms. The lowest BCUT2D eigenvalue weighted by molar-refractivity contribution is -0.116. The van der Waals surface area contributed by atoms with Crippen molar-refractivity contribution in [1.29, 1.82) is 0 Å². The van der Waals surface area contributed by atoms with Gasteiger partial charge in [-0.25, -0.2) is 4.79 Å². The number of hydrogen-bond donors (Lipinski definition) is 2. The molecule has 1 aromatic rings. The zero-order valence-electron chi connectivity index (χ0n) is 15.4. The molecule has 0 atom stereocenters. The molecule has 1 aliphatic heterocycles. The third-order valence-electron chi connectivity index (χ3n) is 5.17. The number of ether oxygens (including phenoxy) is 2. The zero-order chi connectivity index (χ0) is 20.5. The predicted molar refractivity (Wildman–Crippen MR) is 107 cm³/mol. The van der Waals surface area contributed by atoms with E-state index in [4.69, 9.17) is 32.7 Å². The Morgan fingerprint density at radius 1 is 1.39 bits per heavy atom. The maximum Gasteiger partial charge on any atom is 0.511 e. The molecular formula is C20H21Cl2NO5. The van der Waals surface area contributed by atoms with Crippen LogP contribution in [0.3, 0.4) is 0 Å². The first-order chi connectivity index (χ1) is 13.3. The first-order valence-electron chi connectivity index (χ1n) is 8.94. The third kappa shape index (κ3) is 3.90. The summed E-state index contributed by atoms with van der Waals surface area (Å²) in [5.41, 5.74) is 0.344. The summed E-state index contributed by atoms with van der Waals surface area (Å²) in [6.45, 7) is 5.85. The van der Waals surface area contributed by atoms with Crippen molar-refractivity contribution in [3.05, 3.63) is 51.7 Å². The van der Waals surface area contributed by atoms with Gasteiger partial charge < -0.3 is 19.9 Å². The van der Waals surface area contributed by atoms with E-state index >= 15 is 0 Å². The minimum atomic E-state index is -1.48. The quantitative estimate of drug-likeness (QED) is 0.526. The molecule has 1 aromatic carbocycles. The summed E-state index contributed by atoms with van der Waals surface area (Å²) in [6, 6.07) is 3.20. The maximum atomic E-state index is 12.9. The molecule has 1 fully saturated rings. The number of carbonyl (C=O) groups is 2. The Morgan fingerprint density at radius 2 is 2.07 bits per heavy atom. The van der Waals surface area contributed by atoms with E-state index in [0.29, 0.717) is 48.4 Å². The van der Waals surface area contributed by atoms with Gasteiger partial charge in [-0.15, -0.1) is 6.58 Å². The lowest BCUT2D eigenvalue weighted by Gasteiger charge is -2.37. The fourth-order valence-corrected chi connectivity index (χ4v) is 4.66. The van der Waals surface area contributed by atoms with Gasteiger partial charge in [0.2, 0.25) is 0 Å². The molecule has 3 rings (SSSR count). The van der Waals surface area contributed by atoms with Crippen LogP contribution in [0.5, 0.6) is 0 Å². The molecule has 0 saturated heterocycles. The van der Waals surface area contributed by atoms with E-state index in [1.807, 2.05) is 0 Å². The Hall–Kier alpha value is -2.02. The van der Waals surface area contributed by atoms with Crippen LogP contribution < -0.4 is 5.32 Å². The van der Waals surface area contributed by atoms with E-state index in [-0.39, 0.29) is 22.5 Å². The van der Waals surface area contributed by atoms with E-state index < -0.39 is 17.6 Å². The first-order valence-corrected chi connectivity index (χ1v) is 9.69. The Bertz CT molecular complexity index is 833. The minimum absolute atomic E-state index is 0.0245. The Balaban J connectivity index is 2.04. The summed E-state index contributed by atoms with van der Waals surface area (Å²) in [6.07, 6.45) is 2.54. The Labute approximate surface area is 173 Å². The highest BCUT2D eigenvalue weighted by Gasteiger charge is 2.50. The number of halogens is 2. The second-order valence-electron chi connectivity index (χ2n) is 7.01. The molecule has 1 spiro atoms. The topological polar surface area (TPSA) is 84.9 Å². The molecule has 8 heteroatoms. The minimum Gasteiger partial charge on any atom is -0.449 e. The number of aryl methyl sites for hydroxylation is 1. The van der Waals surface area contributed by atoms with Crippen molar-refractivity contribution in [2.45, 2.75) is 44.2 Å². The summed E-state index contributed by atoms with van der Waals surface area (Å²) in [5.74, 6) is -0.312. The number of carboxylic acid groups (broad SMARTS) is 1. The van der Waals surface area contributed by atoms with Crippen LogP contribution in [0.15, 0.2) is 30.5 Å². The fraction of sp³-hybridized carbons (Fsp3) is 0.400. The van der Waals surface area contributed by atoms with Crippen molar-refractivity contribution in [3.8, 4) is 0 Å². The van der Waals surface area contributed by atoms with E-state index in [1.165, 1.54) is 6.07 Å². The van der Waals surface area contributed by atoms with E-state index in [9.17, 15) is 14.7 Å².